The summed E-state index contributed by atoms with van der Waals surface area (Å²) in [5.74, 6) is 1.41. The smallest absolute Gasteiger partial charge is 0.405 e. The molecule has 6 nitrogen and oxygen atoms in total. The van der Waals surface area contributed by atoms with Crippen LogP contribution in [0.3, 0.4) is 0 Å². The van der Waals surface area contributed by atoms with E-state index in [9.17, 15) is 4.79 Å². The van der Waals surface area contributed by atoms with E-state index in [0.717, 1.165) is 22.4 Å². The van der Waals surface area contributed by atoms with Gasteiger partial charge in [0.05, 0.1) is 6.61 Å². The maximum atomic E-state index is 11.3. The number of hydrogen-bond acceptors (Lipinski definition) is 5. The molecule has 0 saturated carbocycles. The van der Waals surface area contributed by atoms with E-state index in [1.54, 1.807) is 7.11 Å². The number of rotatable bonds is 5. The summed E-state index contributed by atoms with van der Waals surface area (Å²) in [5, 5.41) is 0. The molecule has 26 heavy (non-hydrogen) atoms. The van der Waals surface area contributed by atoms with Crippen molar-refractivity contribution in [1.29, 1.82) is 0 Å². The average molecular weight is 357 g/mol. The maximum absolute atomic E-state index is 11.3. The first-order valence-electron chi connectivity index (χ1n) is 8.36. The van der Waals surface area contributed by atoms with E-state index in [2.05, 4.69) is 0 Å². The largest absolute Gasteiger partial charge is 0.492 e. The molecule has 2 aromatic carbocycles. The van der Waals surface area contributed by atoms with Crippen molar-refractivity contribution in [2.24, 2.45) is 11.1 Å². The van der Waals surface area contributed by atoms with Crippen molar-refractivity contribution < 1.29 is 23.7 Å². The maximum Gasteiger partial charge on any atom is 0.405 e. The van der Waals surface area contributed by atoms with Gasteiger partial charge in [0.15, 0.2) is 6.79 Å². The van der Waals surface area contributed by atoms with Crippen molar-refractivity contribution in [3.8, 4) is 22.6 Å². The summed E-state index contributed by atoms with van der Waals surface area (Å²) < 4.78 is 21.7. The lowest BCUT2D eigenvalue weighted by molar-refractivity contribution is -0.0176. The van der Waals surface area contributed by atoms with Gasteiger partial charge in [-0.15, -0.1) is 0 Å². The molecular formula is C20H23NO5. The Kier molecular flexibility index (Phi) is 5.04. The first-order valence-corrected chi connectivity index (χ1v) is 8.36. The number of hydrogen-bond donors (Lipinski definition) is 1. The first kappa shape index (κ1) is 18.1. The Morgan fingerprint density at radius 2 is 2.00 bits per heavy atom. The second-order valence-corrected chi connectivity index (χ2v) is 6.93. The van der Waals surface area contributed by atoms with E-state index in [1.807, 2.05) is 56.3 Å². The highest BCUT2D eigenvalue weighted by Crippen LogP contribution is 2.46. The van der Waals surface area contributed by atoms with Gasteiger partial charge < -0.3 is 24.7 Å². The van der Waals surface area contributed by atoms with Gasteiger partial charge in [0.2, 0.25) is 0 Å². The van der Waals surface area contributed by atoms with Crippen molar-refractivity contribution >= 4 is 6.09 Å². The number of primary amides is 1. The lowest BCUT2D eigenvalue weighted by atomic mass is 9.80. The zero-order valence-electron chi connectivity index (χ0n) is 15.2. The van der Waals surface area contributed by atoms with Gasteiger partial charge in [-0.3, -0.25) is 0 Å². The normalized spacial score (nSPS) is 17.7. The average Bonchev–Trinajstić information content (AvgIpc) is 2.62. The quantitative estimate of drug-likeness (QED) is 0.821. The molecule has 0 fully saturated rings. The molecule has 0 aromatic heterocycles. The first-order chi connectivity index (χ1) is 12.4. The van der Waals surface area contributed by atoms with Crippen LogP contribution in [-0.4, -0.2) is 26.6 Å². The van der Waals surface area contributed by atoms with Crippen molar-refractivity contribution in [3.05, 3.63) is 48.0 Å². The Morgan fingerprint density at radius 3 is 2.73 bits per heavy atom. The van der Waals surface area contributed by atoms with Crippen molar-refractivity contribution in [2.75, 3.05) is 20.5 Å². The van der Waals surface area contributed by atoms with Gasteiger partial charge in [0.25, 0.3) is 0 Å². The third-order valence-electron chi connectivity index (χ3n) is 4.35. The third-order valence-corrected chi connectivity index (χ3v) is 4.35. The summed E-state index contributed by atoms with van der Waals surface area (Å²) >= 11 is 0. The molecule has 2 aromatic rings. The Labute approximate surface area is 152 Å². The van der Waals surface area contributed by atoms with Crippen LogP contribution in [0.4, 0.5) is 4.79 Å². The van der Waals surface area contributed by atoms with Crippen LogP contribution in [0.2, 0.25) is 0 Å². The molecule has 0 saturated heterocycles. The van der Waals surface area contributed by atoms with Crippen LogP contribution >= 0.6 is 0 Å². The van der Waals surface area contributed by atoms with E-state index in [0.29, 0.717) is 12.4 Å². The highest BCUT2D eigenvalue weighted by atomic mass is 16.7. The number of amides is 1. The van der Waals surface area contributed by atoms with Gasteiger partial charge >= 0.3 is 6.09 Å². The van der Waals surface area contributed by atoms with Gasteiger partial charge in [0, 0.05) is 18.1 Å². The number of carbonyl (C=O) groups is 1. The molecule has 0 radical (unpaired) electrons. The van der Waals surface area contributed by atoms with E-state index < -0.39 is 12.2 Å². The van der Waals surface area contributed by atoms with Crippen molar-refractivity contribution in [1.82, 2.24) is 0 Å². The van der Waals surface area contributed by atoms with Gasteiger partial charge in [0.1, 0.15) is 17.6 Å². The summed E-state index contributed by atoms with van der Waals surface area (Å²) in [4.78, 5) is 11.3. The molecule has 3 rings (SSSR count). The lowest BCUT2D eigenvalue weighted by Crippen LogP contribution is -2.37. The summed E-state index contributed by atoms with van der Waals surface area (Å²) in [6.45, 7) is 4.58. The van der Waals surface area contributed by atoms with Gasteiger partial charge in [-0.1, -0.05) is 38.1 Å². The van der Waals surface area contributed by atoms with Crippen molar-refractivity contribution in [3.63, 3.8) is 0 Å². The molecule has 1 atom stereocenters. The monoisotopic (exact) mass is 357 g/mol. The molecule has 1 unspecified atom stereocenters. The van der Waals surface area contributed by atoms with Crippen LogP contribution in [0.1, 0.15) is 25.5 Å². The fraction of sp³-hybridized carbons (Fsp3) is 0.350. The molecule has 2 N–H and O–H groups in total. The van der Waals surface area contributed by atoms with Gasteiger partial charge in [-0.2, -0.15) is 0 Å². The molecule has 0 aliphatic carbocycles. The summed E-state index contributed by atoms with van der Waals surface area (Å²) in [5.41, 5.74) is 7.67. The van der Waals surface area contributed by atoms with E-state index in [4.69, 9.17) is 24.7 Å². The second-order valence-electron chi connectivity index (χ2n) is 6.93. The zero-order valence-corrected chi connectivity index (χ0v) is 15.2. The summed E-state index contributed by atoms with van der Waals surface area (Å²) in [6.07, 6.45) is -1.24. The second kappa shape index (κ2) is 7.25. The molecule has 0 spiro atoms. The molecule has 1 aliphatic rings. The number of ether oxygens (including phenoxy) is 4. The number of benzene rings is 2. The fourth-order valence-corrected chi connectivity index (χ4v) is 3.05. The highest BCUT2D eigenvalue weighted by Gasteiger charge is 2.40. The SMILES string of the molecule is COCOc1cccc(-c2ccc3c(c2)OCC(C)(C)C3OC(N)=O)c1. The van der Waals surface area contributed by atoms with Gasteiger partial charge in [-0.25, -0.2) is 4.79 Å². The standard InChI is InChI=1S/C20H23NO5/c1-20(2)11-24-17-10-14(7-8-16(17)18(20)26-19(21)22)13-5-4-6-15(9-13)25-12-23-3/h4-10,18H,11-12H2,1-3H3,(H2,21,22). The van der Waals surface area contributed by atoms with E-state index in [1.165, 1.54) is 0 Å². The van der Waals surface area contributed by atoms with Crippen LogP contribution in [0, 0.1) is 5.41 Å². The van der Waals surface area contributed by atoms with E-state index >= 15 is 0 Å². The Hall–Kier alpha value is -2.73. The van der Waals surface area contributed by atoms with Crippen molar-refractivity contribution in [2.45, 2.75) is 20.0 Å². The molecule has 138 valence electrons. The number of fused-ring (bicyclic) bond motifs is 1. The Morgan fingerprint density at radius 1 is 1.23 bits per heavy atom. The fourth-order valence-electron chi connectivity index (χ4n) is 3.05. The predicted octanol–water partition coefficient (Wildman–Crippen LogP) is 3.89. The predicted molar refractivity (Wildman–Crippen MR) is 97.1 cm³/mol. The molecule has 6 heteroatoms. The Balaban J connectivity index is 1.93. The summed E-state index contributed by atoms with van der Waals surface area (Å²) in [7, 11) is 1.58. The number of carbonyl (C=O) groups excluding carboxylic acids is 1. The molecule has 1 amide bonds. The number of nitrogens with two attached hydrogens (primary N) is 1. The summed E-state index contributed by atoms with van der Waals surface area (Å²) in [6, 6.07) is 13.5. The third kappa shape index (κ3) is 3.75. The molecule has 1 aliphatic heterocycles. The molecule has 0 bridgehead atoms. The van der Waals surface area contributed by atoms with Crippen LogP contribution in [0.25, 0.3) is 11.1 Å². The molecular weight excluding hydrogens is 334 g/mol. The minimum atomic E-state index is -0.789. The zero-order chi connectivity index (χ0) is 18.7. The lowest BCUT2D eigenvalue weighted by Gasteiger charge is -2.38. The topological polar surface area (TPSA) is 80.0 Å². The Bertz CT molecular complexity index is 803. The minimum Gasteiger partial charge on any atom is -0.492 e. The van der Waals surface area contributed by atoms with Crippen LogP contribution in [-0.2, 0) is 9.47 Å². The number of methoxy groups -OCH3 is 1. The minimum absolute atomic E-state index is 0.192. The van der Waals surface area contributed by atoms with Gasteiger partial charge in [-0.05, 0) is 29.3 Å². The van der Waals surface area contributed by atoms with Crippen LogP contribution in [0.15, 0.2) is 42.5 Å². The highest BCUT2D eigenvalue weighted by molar-refractivity contribution is 5.69. The van der Waals surface area contributed by atoms with E-state index in [-0.39, 0.29) is 12.2 Å². The molecule has 1 heterocycles. The van der Waals surface area contributed by atoms with Crippen LogP contribution < -0.4 is 15.2 Å². The van der Waals surface area contributed by atoms with Crippen LogP contribution in [0.5, 0.6) is 11.5 Å².